The molecule has 2 aromatic rings. The first-order valence-electron chi connectivity index (χ1n) is 12.3. The zero-order chi connectivity index (χ0) is 22.8. The molecule has 1 aromatic carbocycles. The van der Waals surface area contributed by atoms with Crippen LogP contribution in [0.4, 0.5) is 0 Å². The molecule has 0 radical (unpaired) electrons. The molecule has 0 amide bonds. The van der Waals surface area contributed by atoms with Gasteiger partial charge in [0.1, 0.15) is 0 Å². The summed E-state index contributed by atoms with van der Waals surface area (Å²) in [7, 11) is 0. The minimum absolute atomic E-state index is 0.132. The van der Waals surface area contributed by atoms with E-state index < -0.39 is 0 Å². The highest BCUT2D eigenvalue weighted by atomic mass is 32.2. The average Bonchev–Trinajstić information content (AvgIpc) is 3.01. The summed E-state index contributed by atoms with van der Waals surface area (Å²) in [6.07, 6.45) is 6.96. The molecule has 0 saturated heterocycles. The fourth-order valence-electron chi connectivity index (χ4n) is 4.62. The lowest BCUT2D eigenvalue weighted by Crippen LogP contribution is -2.18. The van der Waals surface area contributed by atoms with Gasteiger partial charge in [0.15, 0.2) is 0 Å². The fourth-order valence-corrected chi connectivity index (χ4v) is 5.35. The topological polar surface area (TPSA) is 17.0 Å². The Balaban J connectivity index is 2.13. The van der Waals surface area contributed by atoms with E-state index in [1.807, 2.05) is 0 Å². The number of nitrogens with zero attached hydrogens (tertiary/aromatic N) is 1. The van der Waals surface area contributed by atoms with Crippen molar-refractivity contribution in [2.24, 2.45) is 5.92 Å². The molecule has 1 N–H and O–H groups in total. The number of nitrogens with one attached hydrogen (secondary N) is 1. The molecule has 0 atom stereocenters. The van der Waals surface area contributed by atoms with E-state index in [0.717, 1.165) is 19.0 Å². The monoisotopic (exact) mass is 440 g/mol. The first kappa shape index (κ1) is 24.5. The third kappa shape index (κ3) is 5.99. The van der Waals surface area contributed by atoms with Crippen LogP contribution >= 0.6 is 11.9 Å². The molecule has 0 spiro atoms. The third-order valence-electron chi connectivity index (χ3n) is 6.77. The molecule has 1 aliphatic carbocycles. The van der Waals surface area contributed by atoms with Crippen molar-refractivity contribution in [3.63, 3.8) is 0 Å². The lowest BCUT2D eigenvalue weighted by atomic mass is 9.79. The van der Waals surface area contributed by atoms with Crippen LogP contribution in [-0.2, 0) is 17.4 Å². The average molecular weight is 441 g/mol. The normalized spacial score (nSPS) is 16.1. The molecule has 3 rings (SSSR count). The van der Waals surface area contributed by atoms with E-state index in [-0.39, 0.29) is 10.8 Å². The van der Waals surface area contributed by atoms with E-state index >= 15 is 0 Å². The Kier molecular flexibility index (Phi) is 7.69. The zero-order valence-electron chi connectivity index (χ0n) is 21.2. The molecule has 0 unspecified atom stereocenters. The van der Waals surface area contributed by atoms with Gasteiger partial charge >= 0.3 is 0 Å². The Morgan fingerprint density at radius 3 is 2.00 bits per heavy atom. The minimum Gasteiger partial charge on any atom is -0.343 e. The van der Waals surface area contributed by atoms with Crippen molar-refractivity contribution >= 4 is 11.9 Å². The van der Waals surface area contributed by atoms with Crippen molar-refractivity contribution in [1.82, 2.24) is 9.29 Å². The van der Waals surface area contributed by atoms with Crippen LogP contribution in [0.15, 0.2) is 29.2 Å². The fraction of sp³-hybridized carbons (Fsp3) is 0.643. The molecule has 1 aromatic heterocycles. The number of hydrogen-bond donors (Lipinski definition) is 1. The molecule has 1 fully saturated rings. The number of hydrogen-bond acceptors (Lipinski definition) is 2. The second-order valence-electron chi connectivity index (χ2n) is 11.5. The number of benzene rings is 1. The van der Waals surface area contributed by atoms with Crippen molar-refractivity contribution in [3.05, 3.63) is 41.1 Å². The first-order valence-corrected chi connectivity index (χ1v) is 13.1. The van der Waals surface area contributed by atoms with E-state index in [9.17, 15) is 0 Å². The summed E-state index contributed by atoms with van der Waals surface area (Å²) >= 11 is 1.79. The Bertz CT molecular complexity index is 841. The summed E-state index contributed by atoms with van der Waals surface area (Å²) in [5.41, 5.74) is 7.29. The maximum Gasteiger partial charge on any atom is 0.0494 e. The Morgan fingerprint density at radius 1 is 0.903 bits per heavy atom. The van der Waals surface area contributed by atoms with E-state index in [4.69, 9.17) is 0 Å². The Labute approximate surface area is 195 Å². The number of aromatic nitrogens is 1. The van der Waals surface area contributed by atoms with Gasteiger partial charge < -0.3 is 4.57 Å². The van der Waals surface area contributed by atoms with Gasteiger partial charge in [-0.2, -0.15) is 0 Å². The van der Waals surface area contributed by atoms with Gasteiger partial charge in [0.25, 0.3) is 0 Å². The first-order chi connectivity index (χ1) is 14.5. The molecule has 0 aliphatic heterocycles. The molecule has 3 heteroatoms. The van der Waals surface area contributed by atoms with Crippen LogP contribution in [0.25, 0.3) is 11.3 Å². The maximum atomic E-state index is 3.48. The van der Waals surface area contributed by atoms with Gasteiger partial charge in [-0.15, -0.1) is 0 Å². The quantitative estimate of drug-likeness (QED) is 0.455. The predicted molar refractivity (Wildman–Crippen MR) is 138 cm³/mol. The smallest absolute Gasteiger partial charge is 0.0494 e. The van der Waals surface area contributed by atoms with E-state index in [1.165, 1.54) is 65.1 Å². The molecular weight excluding hydrogens is 396 g/mol. The molecule has 172 valence electrons. The van der Waals surface area contributed by atoms with Crippen molar-refractivity contribution in [2.45, 2.75) is 110 Å². The Morgan fingerprint density at radius 2 is 1.48 bits per heavy atom. The molecule has 1 heterocycles. The van der Waals surface area contributed by atoms with Crippen molar-refractivity contribution in [1.29, 1.82) is 0 Å². The van der Waals surface area contributed by atoms with Crippen LogP contribution in [0.5, 0.6) is 0 Å². The third-order valence-corrected chi connectivity index (χ3v) is 7.84. The molecule has 2 nitrogen and oxygen atoms in total. The van der Waals surface area contributed by atoms with Gasteiger partial charge in [-0.05, 0) is 83.4 Å². The summed E-state index contributed by atoms with van der Waals surface area (Å²) in [6, 6.07) is 9.75. The largest absolute Gasteiger partial charge is 0.343 e. The highest BCUT2D eigenvalue weighted by Gasteiger charge is 2.24. The van der Waals surface area contributed by atoms with E-state index in [0.29, 0.717) is 0 Å². The highest BCUT2D eigenvalue weighted by molar-refractivity contribution is 7.97. The summed E-state index contributed by atoms with van der Waals surface area (Å²) in [5, 5.41) is 0. The lowest BCUT2D eigenvalue weighted by Gasteiger charge is -2.27. The summed E-state index contributed by atoms with van der Waals surface area (Å²) in [5.74, 6) is 0.809. The van der Waals surface area contributed by atoms with Crippen LogP contribution in [0, 0.1) is 12.8 Å². The molecule has 1 saturated carbocycles. The van der Waals surface area contributed by atoms with Gasteiger partial charge in [0.2, 0.25) is 0 Å². The van der Waals surface area contributed by atoms with E-state index in [2.05, 4.69) is 88.9 Å². The zero-order valence-corrected chi connectivity index (χ0v) is 22.0. The van der Waals surface area contributed by atoms with Gasteiger partial charge in [-0.25, -0.2) is 0 Å². The maximum absolute atomic E-state index is 3.48. The SMILES string of the molecule is CCNSc1cc(-c2cc(C(C)(C)C)cc(C(C)(C)C)c2)n(CC2CCCCC2)c1C. The highest BCUT2D eigenvalue weighted by Crippen LogP contribution is 2.38. The van der Waals surface area contributed by atoms with Crippen LogP contribution in [-0.4, -0.2) is 11.1 Å². The van der Waals surface area contributed by atoms with Gasteiger partial charge in [-0.3, -0.25) is 4.72 Å². The van der Waals surface area contributed by atoms with Gasteiger partial charge in [0.05, 0.1) is 0 Å². The van der Waals surface area contributed by atoms with E-state index in [1.54, 1.807) is 11.9 Å². The predicted octanol–water partition coefficient (Wildman–Crippen LogP) is 8.26. The van der Waals surface area contributed by atoms with Crippen LogP contribution in [0.1, 0.15) is 97.4 Å². The van der Waals surface area contributed by atoms with Crippen LogP contribution < -0.4 is 4.72 Å². The second-order valence-corrected chi connectivity index (χ2v) is 12.4. The van der Waals surface area contributed by atoms with Gasteiger partial charge in [0, 0.05) is 29.4 Å². The van der Waals surface area contributed by atoms with Crippen LogP contribution in [0.2, 0.25) is 0 Å². The lowest BCUT2D eigenvalue weighted by molar-refractivity contribution is 0.318. The molecule has 31 heavy (non-hydrogen) atoms. The number of rotatable bonds is 6. The minimum atomic E-state index is 0.132. The molecule has 1 aliphatic rings. The summed E-state index contributed by atoms with van der Waals surface area (Å²) < 4.78 is 6.10. The van der Waals surface area contributed by atoms with Crippen LogP contribution in [0.3, 0.4) is 0 Å². The summed E-state index contributed by atoms with van der Waals surface area (Å²) in [6.45, 7) is 20.6. The Hall–Kier alpha value is -1.19. The summed E-state index contributed by atoms with van der Waals surface area (Å²) in [4.78, 5) is 1.37. The van der Waals surface area contributed by atoms with Gasteiger partial charge in [-0.1, -0.05) is 73.8 Å². The standard InChI is InChI=1S/C28H44N2S/c1-9-29-31-26-18-25(30(20(26)2)19-21-13-11-10-12-14-21)22-15-23(27(3,4)5)17-24(16-22)28(6,7)8/h15-18,21,29H,9-14,19H2,1-8H3. The van der Waals surface area contributed by atoms with Crippen molar-refractivity contribution in [2.75, 3.05) is 6.54 Å². The van der Waals surface area contributed by atoms with Crippen molar-refractivity contribution < 1.29 is 0 Å². The second kappa shape index (κ2) is 9.75. The van der Waals surface area contributed by atoms with Crippen molar-refractivity contribution in [3.8, 4) is 11.3 Å². The molecule has 0 bridgehead atoms. The molecular formula is C28H44N2S.